The molecular formula is C14H17BrN2O. The first-order valence-electron chi connectivity index (χ1n) is 5.87. The minimum atomic E-state index is 0.571. The van der Waals surface area contributed by atoms with Gasteiger partial charge in [0.05, 0.1) is 12.8 Å². The molecule has 0 saturated heterocycles. The number of halogens is 1. The summed E-state index contributed by atoms with van der Waals surface area (Å²) in [6.45, 7) is 2.24. The summed E-state index contributed by atoms with van der Waals surface area (Å²) >= 11 is 3.59. The summed E-state index contributed by atoms with van der Waals surface area (Å²) < 4.78 is 6.45. The smallest absolute Gasteiger partial charge is 0.117 e. The van der Waals surface area contributed by atoms with Crippen molar-refractivity contribution in [3.05, 3.63) is 58.0 Å². The van der Waals surface area contributed by atoms with Crippen LogP contribution in [-0.4, -0.2) is 11.9 Å². The summed E-state index contributed by atoms with van der Waals surface area (Å²) in [5, 5.41) is 0. The molecule has 2 aromatic rings. The zero-order chi connectivity index (χ0) is 13.0. The van der Waals surface area contributed by atoms with Crippen molar-refractivity contribution >= 4 is 15.9 Å². The van der Waals surface area contributed by atoms with E-state index in [0.717, 1.165) is 28.9 Å². The Labute approximate surface area is 116 Å². The lowest BCUT2D eigenvalue weighted by atomic mass is 10.1. The third-order valence-corrected chi connectivity index (χ3v) is 3.54. The van der Waals surface area contributed by atoms with Gasteiger partial charge in [0, 0.05) is 17.6 Å². The zero-order valence-corrected chi connectivity index (χ0v) is 12.0. The maximum Gasteiger partial charge on any atom is 0.117 e. The van der Waals surface area contributed by atoms with Crippen LogP contribution in [0.15, 0.2) is 45.5 Å². The van der Waals surface area contributed by atoms with Crippen LogP contribution in [0.3, 0.4) is 0 Å². The second-order valence-corrected chi connectivity index (χ2v) is 5.24. The third-order valence-electron chi connectivity index (χ3n) is 2.80. The first kappa shape index (κ1) is 13.3. The van der Waals surface area contributed by atoms with Crippen LogP contribution in [0.2, 0.25) is 0 Å². The van der Waals surface area contributed by atoms with Gasteiger partial charge in [0.15, 0.2) is 0 Å². The van der Waals surface area contributed by atoms with Gasteiger partial charge in [-0.15, -0.1) is 0 Å². The van der Waals surface area contributed by atoms with Crippen molar-refractivity contribution in [2.45, 2.75) is 19.6 Å². The number of nitrogens with zero attached hydrogens (tertiary/aromatic N) is 1. The van der Waals surface area contributed by atoms with Gasteiger partial charge >= 0.3 is 0 Å². The molecule has 0 bridgehead atoms. The molecule has 0 aliphatic rings. The minimum Gasteiger partial charge on any atom is -0.468 e. The van der Waals surface area contributed by atoms with Crippen LogP contribution < -0.4 is 5.73 Å². The van der Waals surface area contributed by atoms with Crippen LogP contribution in [0.5, 0.6) is 0 Å². The molecule has 18 heavy (non-hydrogen) atoms. The van der Waals surface area contributed by atoms with Crippen LogP contribution >= 0.6 is 15.9 Å². The molecule has 0 aliphatic carbocycles. The van der Waals surface area contributed by atoms with Crippen molar-refractivity contribution in [1.29, 1.82) is 0 Å². The van der Waals surface area contributed by atoms with Gasteiger partial charge in [0.25, 0.3) is 0 Å². The lowest BCUT2D eigenvalue weighted by Crippen LogP contribution is -2.17. The Balaban J connectivity index is 2.00. The molecule has 0 amide bonds. The monoisotopic (exact) mass is 308 g/mol. The van der Waals surface area contributed by atoms with Gasteiger partial charge in [0.1, 0.15) is 5.76 Å². The average molecular weight is 309 g/mol. The van der Waals surface area contributed by atoms with E-state index in [1.54, 1.807) is 6.26 Å². The summed E-state index contributed by atoms with van der Waals surface area (Å²) in [6, 6.07) is 10.2. The maximum absolute atomic E-state index is 5.62. The molecule has 0 radical (unpaired) electrons. The quantitative estimate of drug-likeness (QED) is 0.922. The summed E-state index contributed by atoms with van der Waals surface area (Å²) in [4.78, 5) is 2.21. The van der Waals surface area contributed by atoms with Gasteiger partial charge in [-0.1, -0.05) is 28.1 Å². The van der Waals surface area contributed by atoms with Crippen molar-refractivity contribution in [1.82, 2.24) is 4.90 Å². The summed E-state index contributed by atoms with van der Waals surface area (Å²) in [5.74, 6) is 0.979. The van der Waals surface area contributed by atoms with Crippen molar-refractivity contribution in [3.63, 3.8) is 0 Å². The van der Waals surface area contributed by atoms with Crippen LogP contribution in [-0.2, 0) is 19.6 Å². The summed E-state index contributed by atoms with van der Waals surface area (Å²) in [6.07, 6.45) is 1.70. The minimum absolute atomic E-state index is 0.571. The van der Waals surface area contributed by atoms with Crippen molar-refractivity contribution < 1.29 is 4.42 Å². The first-order valence-corrected chi connectivity index (χ1v) is 6.66. The lowest BCUT2D eigenvalue weighted by molar-refractivity contribution is 0.287. The van der Waals surface area contributed by atoms with Gasteiger partial charge in [-0.3, -0.25) is 4.90 Å². The van der Waals surface area contributed by atoms with Gasteiger partial charge in [0.2, 0.25) is 0 Å². The fraction of sp³-hybridized carbons (Fsp3) is 0.286. The van der Waals surface area contributed by atoms with Crippen molar-refractivity contribution in [2.75, 3.05) is 7.05 Å². The van der Waals surface area contributed by atoms with E-state index in [4.69, 9.17) is 10.2 Å². The van der Waals surface area contributed by atoms with Crippen LogP contribution in [0.25, 0.3) is 0 Å². The molecule has 1 heterocycles. The number of hydrogen-bond donors (Lipinski definition) is 1. The molecule has 1 aromatic carbocycles. The normalized spacial score (nSPS) is 11.1. The number of hydrogen-bond acceptors (Lipinski definition) is 3. The molecular weight excluding hydrogens is 292 g/mol. The lowest BCUT2D eigenvalue weighted by Gasteiger charge is -2.16. The number of nitrogens with two attached hydrogens (primary N) is 1. The van der Waals surface area contributed by atoms with Gasteiger partial charge in [-0.2, -0.15) is 0 Å². The van der Waals surface area contributed by atoms with Gasteiger partial charge in [-0.05, 0) is 36.4 Å². The van der Waals surface area contributed by atoms with Gasteiger partial charge in [-0.25, -0.2) is 0 Å². The Kier molecular flexibility index (Phi) is 4.58. The second-order valence-electron chi connectivity index (χ2n) is 4.38. The van der Waals surface area contributed by atoms with E-state index in [1.165, 1.54) is 5.56 Å². The maximum atomic E-state index is 5.62. The Morgan fingerprint density at radius 3 is 2.72 bits per heavy atom. The van der Waals surface area contributed by atoms with Crippen molar-refractivity contribution in [2.24, 2.45) is 5.73 Å². The number of benzene rings is 1. The third kappa shape index (κ3) is 3.45. The largest absolute Gasteiger partial charge is 0.468 e. The SMILES string of the molecule is CN(Cc1ccco1)Cc1ccc(CN)cc1Br. The van der Waals surface area contributed by atoms with E-state index in [2.05, 4.69) is 46.1 Å². The standard InChI is InChI=1S/C14H17BrN2O/c1-17(10-13-3-2-6-18-13)9-12-5-4-11(8-16)7-14(12)15/h2-7H,8-10,16H2,1H3. The Bertz CT molecular complexity index is 497. The molecule has 4 heteroatoms. The molecule has 1 aromatic heterocycles. The Morgan fingerprint density at radius 2 is 2.11 bits per heavy atom. The molecule has 3 nitrogen and oxygen atoms in total. The fourth-order valence-corrected chi connectivity index (χ4v) is 2.41. The Morgan fingerprint density at radius 1 is 1.28 bits per heavy atom. The number of rotatable bonds is 5. The van der Waals surface area contributed by atoms with Crippen LogP contribution in [0.1, 0.15) is 16.9 Å². The highest BCUT2D eigenvalue weighted by atomic mass is 79.9. The average Bonchev–Trinajstić information content (AvgIpc) is 2.84. The molecule has 0 unspecified atom stereocenters. The molecule has 2 N–H and O–H groups in total. The van der Waals surface area contributed by atoms with E-state index in [9.17, 15) is 0 Å². The van der Waals surface area contributed by atoms with Crippen LogP contribution in [0.4, 0.5) is 0 Å². The van der Waals surface area contributed by atoms with E-state index < -0.39 is 0 Å². The zero-order valence-electron chi connectivity index (χ0n) is 10.4. The molecule has 0 aliphatic heterocycles. The predicted octanol–water partition coefficient (Wildman–Crippen LogP) is 3.13. The molecule has 2 rings (SSSR count). The van der Waals surface area contributed by atoms with Crippen molar-refractivity contribution in [3.8, 4) is 0 Å². The molecule has 0 saturated carbocycles. The molecule has 96 valence electrons. The molecule has 0 atom stereocenters. The molecule has 0 fully saturated rings. The Hall–Kier alpha value is -1.10. The first-order chi connectivity index (χ1) is 8.69. The highest BCUT2D eigenvalue weighted by Gasteiger charge is 2.07. The predicted molar refractivity (Wildman–Crippen MR) is 75.9 cm³/mol. The topological polar surface area (TPSA) is 42.4 Å². The summed E-state index contributed by atoms with van der Waals surface area (Å²) in [5.41, 5.74) is 8.01. The van der Waals surface area contributed by atoms with E-state index in [0.29, 0.717) is 6.54 Å². The summed E-state index contributed by atoms with van der Waals surface area (Å²) in [7, 11) is 2.08. The highest BCUT2D eigenvalue weighted by Crippen LogP contribution is 2.20. The number of furan rings is 1. The molecule has 0 spiro atoms. The second kappa shape index (κ2) is 6.18. The van der Waals surface area contributed by atoms with Crippen LogP contribution in [0, 0.1) is 0 Å². The van der Waals surface area contributed by atoms with E-state index in [1.807, 2.05) is 12.1 Å². The van der Waals surface area contributed by atoms with E-state index >= 15 is 0 Å². The van der Waals surface area contributed by atoms with E-state index in [-0.39, 0.29) is 0 Å². The van der Waals surface area contributed by atoms with Gasteiger partial charge < -0.3 is 10.2 Å². The fourth-order valence-electron chi connectivity index (χ4n) is 1.86. The highest BCUT2D eigenvalue weighted by molar-refractivity contribution is 9.10.